The fourth-order valence-corrected chi connectivity index (χ4v) is 5.37. The molecule has 0 aliphatic carbocycles. The van der Waals surface area contributed by atoms with Crippen LogP contribution in [0, 0.1) is 12.7 Å². The summed E-state index contributed by atoms with van der Waals surface area (Å²) < 4.78 is 67.4. The first-order chi connectivity index (χ1) is 16.8. The number of aromatic amines is 1. The molecule has 0 spiro atoms. The summed E-state index contributed by atoms with van der Waals surface area (Å²) >= 11 is 0. The minimum Gasteiger partial charge on any atom is -0.387 e. The average molecular weight is 526 g/mol. The van der Waals surface area contributed by atoms with E-state index >= 15 is 4.39 Å². The van der Waals surface area contributed by atoms with Crippen molar-refractivity contribution in [3.05, 3.63) is 57.3 Å². The molecule has 2 atom stereocenters. The van der Waals surface area contributed by atoms with Crippen LogP contribution in [0.2, 0.25) is 0 Å². The molecule has 1 aliphatic rings. The summed E-state index contributed by atoms with van der Waals surface area (Å²) in [5.41, 5.74) is -0.351. The third kappa shape index (κ3) is 4.76. The van der Waals surface area contributed by atoms with Crippen molar-refractivity contribution in [1.29, 1.82) is 0 Å². The third-order valence-electron chi connectivity index (χ3n) is 6.36. The Kier molecular flexibility index (Phi) is 6.73. The molecule has 0 amide bonds. The maximum atomic E-state index is 15.1. The van der Waals surface area contributed by atoms with Crippen molar-refractivity contribution in [2.24, 2.45) is 0 Å². The number of H-pyrrole nitrogens is 1. The Labute approximate surface area is 205 Å². The zero-order valence-corrected chi connectivity index (χ0v) is 20.7. The van der Waals surface area contributed by atoms with E-state index in [1.54, 1.807) is 24.8 Å². The number of aromatic nitrogens is 3. The number of benzene rings is 1. The molecule has 1 aliphatic heterocycles. The van der Waals surface area contributed by atoms with Crippen molar-refractivity contribution in [1.82, 2.24) is 15.2 Å². The first kappa shape index (κ1) is 25.9. The number of aryl methyl sites for hydroxylation is 1. The molecule has 36 heavy (non-hydrogen) atoms. The molecule has 3 heterocycles. The van der Waals surface area contributed by atoms with Gasteiger partial charge in [0.15, 0.2) is 15.7 Å². The van der Waals surface area contributed by atoms with Gasteiger partial charge in [-0.1, -0.05) is 12.1 Å². The lowest BCUT2D eigenvalue weighted by atomic mass is 9.97. The molecule has 13 heteroatoms. The molecule has 0 radical (unpaired) electrons. The first-order valence-electron chi connectivity index (χ1n) is 11.3. The van der Waals surface area contributed by atoms with Crippen LogP contribution in [0.15, 0.2) is 29.1 Å². The standard InChI is InChI=1S/C23H26F3N5O4S/c1-12(15-5-4-6-17(19(15)24)23(25,26)14(3)32)27-21-16-11-18(31-7-9-36(34,35)10-8-31)22(33)28-20(16)13(2)29-30-21/h4-6,11-12,14,32H,7-10H2,1-3H3,(H,27,30)(H,28,33)/t12-,14?/m1/s1. The largest absolute Gasteiger partial charge is 0.387 e. The minimum atomic E-state index is -3.79. The highest BCUT2D eigenvalue weighted by molar-refractivity contribution is 7.91. The summed E-state index contributed by atoms with van der Waals surface area (Å²) in [4.78, 5) is 17.2. The van der Waals surface area contributed by atoms with Crippen LogP contribution in [-0.4, -0.2) is 59.4 Å². The van der Waals surface area contributed by atoms with Crippen molar-refractivity contribution in [2.45, 2.75) is 38.8 Å². The number of sulfone groups is 1. The van der Waals surface area contributed by atoms with Crippen LogP contribution in [0.1, 0.15) is 36.7 Å². The van der Waals surface area contributed by atoms with Gasteiger partial charge >= 0.3 is 5.92 Å². The fraction of sp³-hybridized carbons (Fsp3) is 0.435. The van der Waals surface area contributed by atoms with Crippen molar-refractivity contribution in [3.63, 3.8) is 0 Å². The van der Waals surface area contributed by atoms with Crippen LogP contribution >= 0.6 is 0 Å². The number of alkyl halides is 2. The first-order valence-corrected chi connectivity index (χ1v) is 13.1. The molecule has 1 fully saturated rings. The van der Waals surface area contributed by atoms with Gasteiger partial charge in [-0.3, -0.25) is 4.79 Å². The number of aliphatic hydroxyl groups excluding tert-OH is 1. The van der Waals surface area contributed by atoms with Gasteiger partial charge in [0, 0.05) is 24.0 Å². The summed E-state index contributed by atoms with van der Waals surface area (Å²) in [5.74, 6) is -4.92. The number of anilines is 2. The lowest BCUT2D eigenvalue weighted by Crippen LogP contribution is -2.42. The van der Waals surface area contributed by atoms with E-state index in [0.29, 0.717) is 16.6 Å². The van der Waals surface area contributed by atoms with Crippen molar-refractivity contribution < 1.29 is 26.7 Å². The summed E-state index contributed by atoms with van der Waals surface area (Å²) in [5, 5.41) is 21.0. The molecule has 1 aromatic carbocycles. The molecule has 0 bridgehead atoms. The van der Waals surface area contributed by atoms with E-state index < -0.39 is 44.8 Å². The van der Waals surface area contributed by atoms with Crippen molar-refractivity contribution in [3.8, 4) is 0 Å². The molecule has 9 nitrogen and oxygen atoms in total. The van der Waals surface area contributed by atoms with E-state index in [-0.39, 0.29) is 41.7 Å². The summed E-state index contributed by atoms with van der Waals surface area (Å²) in [7, 11) is -3.16. The topological polar surface area (TPSA) is 128 Å². The van der Waals surface area contributed by atoms with Crippen molar-refractivity contribution in [2.75, 3.05) is 34.8 Å². The second-order valence-electron chi connectivity index (χ2n) is 8.92. The molecule has 3 N–H and O–H groups in total. The van der Waals surface area contributed by atoms with E-state index in [2.05, 4.69) is 20.5 Å². The van der Waals surface area contributed by atoms with Crippen LogP contribution in [0.5, 0.6) is 0 Å². The number of nitrogens with zero attached hydrogens (tertiary/aromatic N) is 3. The monoisotopic (exact) mass is 525 g/mol. The Balaban J connectivity index is 1.73. The maximum absolute atomic E-state index is 15.1. The van der Waals surface area contributed by atoms with E-state index in [9.17, 15) is 27.1 Å². The molecule has 3 aromatic rings. The van der Waals surface area contributed by atoms with Crippen LogP contribution in [0.3, 0.4) is 0 Å². The van der Waals surface area contributed by atoms with Gasteiger partial charge in [-0.25, -0.2) is 12.8 Å². The number of hydrogen-bond donors (Lipinski definition) is 3. The van der Waals surface area contributed by atoms with E-state index in [1.165, 1.54) is 12.1 Å². The molecule has 2 aromatic heterocycles. The van der Waals surface area contributed by atoms with Crippen LogP contribution in [0.4, 0.5) is 24.7 Å². The van der Waals surface area contributed by atoms with E-state index in [0.717, 1.165) is 13.0 Å². The molecule has 1 unspecified atom stereocenters. The normalized spacial score (nSPS) is 17.7. The lowest BCUT2D eigenvalue weighted by Gasteiger charge is -2.28. The second kappa shape index (κ2) is 9.36. The van der Waals surface area contributed by atoms with Crippen LogP contribution < -0.4 is 15.8 Å². The number of nitrogens with one attached hydrogen (secondary N) is 2. The lowest BCUT2D eigenvalue weighted by molar-refractivity contribution is -0.108. The zero-order chi connectivity index (χ0) is 26.4. The Hall–Kier alpha value is -3.19. The minimum absolute atomic E-state index is 0.0748. The molecular weight excluding hydrogens is 499 g/mol. The number of fused-ring (bicyclic) bond motifs is 1. The Morgan fingerprint density at radius 2 is 1.86 bits per heavy atom. The number of aliphatic hydroxyl groups is 1. The molecule has 1 saturated heterocycles. The van der Waals surface area contributed by atoms with E-state index in [4.69, 9.17) is 0 Å². The SMILES string of the molecule is Cc1nnc(N[C@H](C)c2cccc(C(F)(F)C(C)O)c2F)c2cc(N3CCS(=O)(=O)CC3)c(=O)[nH]c12. The zero-order valence-electron chi connectivity index (χ0n) is 19.8. The van der Waals surface area contributed by atoms with Gasteiger partial charge in [-0.05, 0) is 32.9 Å². The predicted octanol–water partition coefficient (Wildman–Crippen LogP) is 2.65. The summed E-state index contributed by atoms with van der Waals surface area (Å²) in [6.07, 6.45) is -2.09. The summed E-state index contributed by atoms with van der Waals surface area (Å²) in [6, 6.07) is 4.28. The highest BCUT2D eigenvalue weighted by Crippen LogP contribution is 2.36. The second-order valence-corrected chi connectivity index (χ2v) is 11.2. The molecule has 194 valence electrons. The van der Waals surface area contributed by atoms with Crippen LogP contribution in [0.25, 0.3) is 10.9 Å². The molecule has 0 saturated carbocycles. The van der Waals surface area contributed by atoms with Gasteiger partial charge in [0.2, 0.25) is 0 Å². The van der Waals surface area contributed by atoms with Gasteiger partial charge in [-0.15, -0.1) is 5.10 Å². The van der Waals surface area contributed by atoms with Gasteiger partial charge in [-0.2, -0.15) is 13.9 Å². The van der Waals surface area contributed by atoms with Gasteiger partial charge in [0.25, 0.3) is 5.56 Å². The Morgan fingerprint density at radius 3 is 2.50 bits per heavy atom. The third-order valence-corrected chi connectivity index (χ3v) is 7.96. The molecule has 4 rings (SSSR count). The Bertz CT molecular complexity index is 1460. The number of pyridine rings is 1. The maximum Gasteiger partial charge on any atom is 0.301 e. The average Bonchev–Trinajstić information content (AvgIpc) is 2.81. The summed E-state index contributed by atoms with van der Waals surface area (Å²) in [6.45, 7) is 4.40. The predicted molar refractivity (Wildman–Crippen MR) is 130 cm³/mol. The van der Waals surface area contributed by atoms with Gasteiger partial charge in [0.1, 0.15) is 17.6 Å². The fourth-order valence-electron chi connectivity index (χ4n) is 4.16. The molecular formula is C23H26F3N5O4S. The van der Waals surface area contributed by atoms with Crippen LogP contribution in [-0.2, 0) is 15.8 Å². The van der Waals surface area contributed by atoms with E-state index in [1.807, 2.05) is 0 Å². The van der Waals surface area contributed by atoms with Crippen molar-refractivity contribution >= 4 is 32.2 Å². The highest BCUT2D eigenvalue weighted by atomic mass is 32.2. The Morgan fingerprint density at radius 1 is 1.19 bits per heavy atom. The number of hydrogen-bond acceptors (Lipinski definition) is 8. The van der Waals surface area contributed by atoms with Gasteiger partial charge < -0.3 is 20.3 Å². The quantitative estimate of drug-likeness (QED) is 0.448. The smallest absolute Gasteiger partial charge is 0.301 e. The number of rotatable bonds is 6. The van der Waals surface area contributed by atoms with Gasteiger partial charge in [0.05, 0.1) is 34.3 Å². The highest BCUT2D eigenvalue weighted by Gasteiger charge is 2.40. The number of halogens is 3.